The van der Waals surface area contributed by atoms with Gasteiger partial charge in [0.25, 0.3) is 5.56 Å². The van der Waals surface area contributed by atoms with E-state index in [2.05, 4.69) is 20.2 Å². The van der Waals surface area contributed by atoms with E-state index in [0.29, 0.717) is 34.5 Å². The molecule has 11 heteroatoms. The van der Waals surface area contributed by atoms with Crippen LogP contribution in [-0.2, 0) is 0 Å². The van der Waals surface area contributed by atoms with Crippen LogP contribution in [0.2, 0.25) is 5.02 Å². The second-order valence-electron chi connectivity index (χ2n) is 6.00. The summed E-state index contributed by atoms with van der Waals surface area (Å²) >= 11 is 7.35. The highest BCUT2D eigenvalue weighted by atomic mass is 35.5. The Morgan fingerprint density at radius 2 is 2.04 bits per heavy atom. The maximum atomic E-state index is 11.7. The van der Waals surface area contributed by atoms with Gasteiger partial charge in [0.1, 0.15) is 11.3 Å². The standard InChI is InChI=1S/C15H15ClN6O3S/c16-11-9(1-4-17-13(11)23)26-10-7-18-14(22-8-19-20-12(10)22)21-5-2-15(24,25)3-6-21/h1,4,7-8,24-25H,2-3,5-6H2,(H,17,23). The molecule has 1 aliphatic heterocycles. The molecule has 0 aliphatic carbocycles. The predicted molar refractivity (Wildman–Crippen MR) is 95.6 cm³/mol. The molecule has 0 aromatic carbocycles. The summed E-state index contributed by atoms with van der Waals surface area (Å²) in [6.45, 7) is 0.916. The van der Waals surface area contributed by atoms with E-state index in [9.17, 15) is 15.0 Å². The largest absolute Gasteiger partial charge is 0.365 e. The highest BCUT2D eigenvalue weighted by Crippen LogP contribution is 2.34. The van der Waals surface area contributed by atoms with Crippen molar-refractivity contribution in [3.63, 3.8) is 0 Å². The third-order valence-electron chi connectivity index (χ3n) is 4.21. The molecule has 0 unspecified atom stereocenters. The third kappa shape index (κ3) is 3.16. The molecule has 0 spiro atoms. The number of hydrogen-bond acceptors (Lipinski definition) is 8. The van der Waals surface area contributed by atoms with Crippen molar-refractivity contribution in [1.29, 1.82) is 0 Å². The lowest BCUT2D eigenvalue weighted by Gasteiger charge is -2.35. The number of rotatable bonds is 3. The topological polar surface area (TPSA) is 120 Å². The zero-order valence-corrected chi connectivity index (χ0v) is 15.0. The fourth-order valence-corrected chi connectivity index (χ4v) is 3.92. The van der Waals surface area contributed by atoms with Crippen LogP contribution in [0.25, 0.3) is 5.65 Å². The van der Waals surface area contributed by atoms with Gasteiger partial charge in [0.2, 0.25) is 5.95 Å². The fraction of sp³-hybridized carbons (Fsp3) is 0.333. The lowest BCUT2D eigenvalue weighted by molar-refractivity contribution is -0.172. The fourth-order valence-electron chi connectivity index (χ4n) is 2.80. The number of aromatic nitrogens is 5. The number of anilines is 1. The maximum Gasteiger partial charge on any atom is 0.267 e. The van der Waals surface area contributed by atoms with E-state index < -0.39 is 5.79 Å². The molecule has 1 saturated heterocycles. The monoisotopic (exact) mass is 394 g/mol. The molecule has 0 saturated carbocycles. The smallest absolute Gasteiger partial charge is 0.267 e. The summed E-state index contributed by atoms with van der Waals surface area (Å²) in [5, 5.41) is 27.6. The van der Waals surface area contributed by atoms with Gasteiger partial charge in [-0.25, -0.2) is 9.38 Å². The number of aliphatic hydroxyl groups is 2. The minimum atomic E-state index is -1.63. The Kier molecular flexibility index (Phi) is 4.35. The van der Waals surface area contributed by atoms with Gasteiger partial charge >= 0.3 is 0 Å². The molecule has 136 valence electrons. The number of pyridine rings is 1. The molecule has 4 rings (SSSR count). The van der Waals surface area contributed by atoms with Crippen molar-refractivity contribution >= 4 is 35.0 Å². The normalized spacial score (nSPS) is 17.0. The van der Waals surface area contributed by atoms with Crippen molar-refractivity contribution in [3.8, 4) is 0 Å². The van der Waals surface area contributed by atoms with Crippen LogP contribution in [-0.4, -0.2) is 53.7 Å². The second kappa shape index (κ2) is 6.54. The highest BCUT2D eigenvalue weighted by Gasteiger charge is 2.31. The Morgan fingerprint density at radius 1 is 1.27 bits per heavy atom. The van der Waals surface area contributed by atoms with Crippen molar-refractivity contribution in [1.82, 2.24) is 24.6 Å². The molecule has 1 aliphatic rings. The summed E-state index contributed by atoms with van der Waals surface area (Å²) in [5.74, 6) is -1.00. The Labute approximate surface area is 156 Å². The highest BCUT2D eigenvalue weighted by molar-refractivity contribution is 7.99. The molecule has 1 fully saturated rings. The average molecular weight is 395 g/mol. The lowest BCUT2D eigenvalue weighted by Crippen LogP contribution is -2.45. The molecule has 3 aromatic rings. The van der Waals surface area contributed by atoms with E-state index >= 15 is 0 Å². The summed E-state index contributed by atoms with van der Waals surface area (Å²) in [7, 11) is 0. The number of piperidine rings is 1. The molecule has 3 aromatic heterocycles. The van der Waals surface area contributed by atoms with Gasteiger partial charge in [0, 0.05) is 43.2 Å². The first-order chi connectivity index (χ1) is 12.4. The quantitative estimate of drug-likeness (QED) is 0.560. The maximum absolute atomic E-state index is 11.7. The SMILES string of the molecule is O=c1[nH]ccc(Sc2cnc(N3CCC(O)(O)CC3)n3cnnc23)c1Cl. The van der Waals surface area contributed by atoms with Gasteiger partial charge in [-0.1, -0.05) is 23.4 Å². The van der Waals surface area contributed by atoms with Crippen LogP contribution in [0.5, 0.6) is 0 Å². The second-order valence-corrected chi connectivity index (χ2v) is 7.47. The first-order valence-electron chi connectivity index (χ1n) is 7.88. The molecule has 0 atom stereocenters. The molecule has 26 heavy (non-hydrogen) atoms. The zero-order chi connectivity index (χ0) is 18.3. The van der Waals surface area contributed by atoms with Gasteiger partial charge in [0.05, 0.1) is 4.90 Å². The van der Waals surface area contributed by atoms with E-state index in [0.717, 1.165) is 0 Å². The lowest BCUT2D eigenvalue weighted by atomic mass is 10.0. The molecule has 0 radical (unpaired) electrons. The molecule has 9 nitrogen and oxygen atoms in total. The van der Waals surface area contributed by atoms with Gasteiger partial charge in [0.15, 0.2) is 11.4 Å². The number of aromatic amines is 1. The first kappa shape index (κ1) is 17.3. The van der Waals surface area contributed by atoms with Crippen molar-refractivity contribution in [3.05, 3.63) is 40.2 Å². The Balaban J connectivity index is 1.68. The number of nitrogens with zero attached hydrogens (tertiary/aromatic N) is 5. The van der Waals surface area contributed by atoms with E-state index in [1.165, 1.54) is 18.0 Å². The molecular formula is C15H15ClN6O3S. The average Bonchev–Trinajstić information content (AvgIpc) is 3.10. The van der Waals surface area contributed by atoms with Gasteiger partial charge in [-0.2, -0.15) is 0 Å². The summed E-state index contributed by atoms with van der Waals surface area (Å²) in [6, 6.07) is 1.71. The minimum absolute atomic E-state index is 0.109. The van der Waals surface area contributed by atoms with Crippen molar-refractivity contribution in [2.45, 2.75) is 28.4 Å². The van der Waals surface area contributed by atoms with E-state index in [4.69, 9.17) is 11.6 Å². The minimum Gasteiger partial charge on any atom is -0.365 e. The number of nitrogens with one attached hydrogen (secondary N) is 1. The first-order valence-corrected chi connectivity index (χ1v) is 9.07. The van der Waals surface area contributed by atoms with Crippen LogP contribution in [0.15, 0.2) is 39.4 Å². The van der Waals surface area contributed by atoms with Crippen molar-refractivity contribution < 1.29 is 10.2 Å². The van der Waals surface area contributed by atoms with E-state index in [1.807, 2.05) is 4.90 Å². The molecule has 4 heterocycles. The van der Waals surface area contributed by atoms with E-state index in [-0.39, 0.29) is 23.4 Å². The van der Waals surface area contributed by atoms with Gasteiger partial charge < -0.3 is 20.1 Å². The number of H-pyrrole nitrogens is 1. The Bertz CT molecular complexity index is 1010. The van der Waals surface area contributed by atoms with Crippen LogP contribution in [0.4, 0.5) is 5.95 Å². The predicted octanol–water partition coefficient (Wildman–Crippen LogP) is 0.898. The molecular weight excluding hydrogens is 380 g/mol. The number of fused-ring (bicyclic) bond motifs is 1. The molecule has 0 bridgehead atoms. The third-order valence-corrected chi connectivity index (χ3v) is 5.77. The van der Waals surface area contributed by atoms with Crippen LogP contribution in [0.3, 0.4) is 0 Å². The summed E-state index contributed by atoms with van der Waals surface area (Å²) in [5.41, 5.74) is 0.227. The molecule has 0 amide bonds. The van der Waals surface area contributed by atoms with Gasteiger partial charge in [-0.3, -0.25) is 4.79 Å². The van der Waals surface area contributed by atoms with Crippen LogP contribution in [0, 0.1) is 0 Å². The van der Waals surface area contributed by atoms with Gasteiger partial charge in [-0.05, 0) is 6.07 Å². The summed E-state index contributed by atoms with van der Waals surface area (Å²) in [4.78, 5) is 21.9. The molecule has 3 N–H and O–H groups in total. The number of halogens is 1. The zero-order valence-electron chi connectivity index (χ0n) is 13.5. The van der Waals surface area contributed by atoms with Crippen molar-refractivity contribution in [2.75, 3.05) is 18.0 Å². The van der Waals surface area contributed by atoms with Crippen LogP contribution in [0.1, 0.15) is 12.8 Å². The summed E-state index contributed by atoms with van der Waals surface area (Å²) in [6.07, 6.45) is 5.21. The van der Waals surface area contributed by atoms with Crippen LogP contribution >= 0.6 is 23.4 Å². The van der Waals surface area contributed by atoms with E-state index in [1.54, 1.807) is 23.0 Å². The van der Waals surface area contributed by atoms with Crippen LogP contribution < -0.4 is 10.5 Å². The Morgan fingerprint density at radius 3 is 2.81 bits per heavy atom. The number of hydrogen-bond donors (Lipinski definition) is 3. The summed E-state index contributed by atoms with van der Waals surface area (Å²) < 4.78 is 1.74. The van der Waals surface area contributed by atoms with Crippen molar-refractivity contribution in [2.24, 2.45) is 0 Å². The van der Waals surface area contributed by atoms with Gasteiger partial charge in [-0.15, -0.1) is 10.2 Å². The Hall–Kier alpha value is -2.14.